The lowest BCUT2D eigenvalue weighted by Crippen LogP contribution is -2.13. The van der Waals surface area contributed by atoms with Crippen molar-refractivity contribution in [3.8, 4) is 0 Å². The summed E-state index contributed by atoms with van der Waals surface area (Å²) in [5.41, 5.74) is -0.544. The Kier molecular flexibility index (Phi) is 5.68. The number of alkyl halides is 3. The van der Waals surface area contributed by atoms with E-state index in [1.165, 1.54) is 18.2 Å². The van der Waals surface area contributed by atoms with Crippen molar-refractivity contribution in [2.45, 2.75) is 18.0 Å². The number of rotatable bonds is 3. The van der Waals surface area contributed by atoms with Crippen molar-refractivity contribution in [3.05, 3.63) is 69.2 Å². The second-order valence-electron chi connectivity index (χ2n) is 5.08. The summed E-state index contributed by atoms with van der Waals surface area (Å²) >= 11 is 15.7. The van der Waals surface area contributed by atoms with Crippen molar-refractivity contribution in [3.63, 3.8) is 0 Å². The summed E-state index contributed by atoms with van der Waals surface area (Å²) in [5, 5.41) is 0.103. The molecule has 0 saturated carbocycles. The van der Waals surface area contributed by atoms with Crippen LogP contribution in [0.5, 0.6) is 0 Å². The predicted octanol–water partition coefficient (Wildman–Crippen LogP) is 6.42. The molecule has 1 nitrogen and oxygen atoms in total. The van der Waals surface area contributed by atoms with Gasteiger partial charge in [-0.3, -0.25) is 4.79 Å². The molecule has 24 heavy (non-hydrogen) atoms. The Balaban J connectivity index is 2.53. The highest BCUT2D eigenvalue weighted by molar-refractivity contribution is 7.80. The zero-order chi connectivity index (χ0) is 18.1. The van der Waals surface area contributed by atoms with Crippen LogP contribution < -0.4 is 0 Å². The highest BCUT2D eigenvalue weighted by Crippen LogP contribution is 2.36. The third-order valence-corrected chi connectivity index (χ3v) is 4.17. The van der Waals surface area contributed by atoms with E-state index < -0.39 is 17.5 Å². The minimum atomic E-state index is -4.73. The first-order valence-corrected chi connectivity index (χ1v) is 7.87. The third kappa shape index (κ3) is 4.56. The van der Waals surface area contributed by atoms with Crippen LogP contribution in [-0.4, -0.2) is 12.0 Å². The number of aryl methyl sites for hydroxylation is 1. The molecule has 0 unspecified atom stereocenters. The van der Waals surface area contributed by atoms with Crippen molar-refractivity contribution in [1.82, 2.24) is 0 Å². The van der Waals surface area contributed by atoms with Gasteiger partial charge in [0.15, 0.2) is 5.78 Å². The quantitative estimate of drug-likeness (QED) is 0.363. The maximum absolute atomic E-state index is 13.4. The Morgan fingerprint density at radius 1 is 1.04 bits per heavy atom. The number of hydrogen-bond donors (Lipinski definition) is 1. The van der Waals surface area contributed by atoms with Crippen molar-refractivity contribution in [1.29, 1.82) is 0 Å². The lowest BCUT2D eigenvalue weighted by atomic mass is 10.0. The summed E-state index contributed by atoms with van der Waals surface area (Å²) in [4.78, 5) is 12.9. The third-order valence-electron chi connectivity index (χ3n) is 3.24. The number of allylic oxidation sites excluding steroid dienone is 2. The Labute approximate surface area is 152 Å². The first-order chi connectivity index (χ1) is 11.1. The Morgan fingerprint density at radius 2 is 1.62 bits per heavy atom. The average molecular weight is 391 g/mol. The molecule has 126 valence electrons. The van der Waals surface area contributed by atoms with Crippen molar-refractivity contribution in [2.75, 3.05) is 0 Å². The van der Waals surface area contributed by atoms with Gasteiger partial charge in [0.25, 0.3) is 0 Å². The molecule has 0 aliphatic rings. The molecule has 0 heterocycles. The van der Waals surface area contributed by atoms with Crippen LogP contribution in [0.25, 0.3) is 5.57 Å². The number of carbonyl (C=O) groups is 1. The number of halogens is 5. The fraction of sp³-hybridized carbons (Fsp3) is 0.118. The lowest BCUT2D eigenvalue weighted by molar-refractivity contribution is -0.0689. The smallest absolute Gasteiger partial charge is 0.289 e. The van der Waals surface area contributed by atoms with Gasteiger partial charge < -0.3 is 0 Å². The highest BCUT2D eigenvalue weighted by atomic mass is 35.5. The predicted molar refractivity (Wildman–Crippen MR) is 93.3 cm³/mol. The molecule has 0 fully saturated rings. The lowest BCUT2D eigenvalue weighted by Gasteiger charge is -2.13. The molecule has 2 rings (SSSR count). The average Bonchev–Trinajstić information content (AvgIpc) is 2.45. The number of ketones is 1. The summed E-state index contributed by atoms with van der Waals surface area (Å²) in [6.45, 7) is 1.71. The van der Waals surface area contributed by atoms with Gasteiger partial charge in [-0.25, -0.2) is 0 Å². The highest BCUT2D eigenvalue weighted by Gasteiger charge is 2.35. The molecule has 0 spiro atoms. The largest absolute Gasteiger partial charge is 0.417 e. The maximum atomic E-state index is 13.4. The van der Waals surface area contributed by atoms with Gasteiger partial charge in [0, 0.05) is 20.5 Å². The molecule has 2 aromatic rings. The summed E-state index contributed by atoms with van der Waals surface area (Å²) in [7, 11) is 0. The van der Waals surface area contributed by atoms with Crippen LogP contribution >= 0.6 is 35.8 Å². The maximum Gasteiger partial charge on any atom is 0.417 e. The van der Waals surface area contributed by atoms with Gasteiger partial charge in [0.2, 0.25) is 0 Å². The molecule has 0 aliphatic heterocycles. The standard InChI is InChI=1S/C17H11Cl2F3OS/c1-9-4-10(2-3-16(9)24)15(23)8-14(17(20,21)22)11-5-12(18)7-13(19)6-11/h2-8,24H,1H3. The zero-order valence-corrected chi connectivity index (χ0v) is 14.7. The van der Waals surface area contributed by atoms with E-state index in [1.54, 1.807) is 13.0 Å². The van der Waals surface area contributed by atoms with Gasteiger partial charge in [-0.05, 0) is 60.5 Å². The van der Waals surface area contributed by atoms with E-state index >= 15 is 0 Å². The molecule has 0 bridgehead atoms. The molecule has 0 aromatic heterocycles. The van der Waals surface area contributed by atoms with Crippen molar-refractivity contribution < 1.29 is 18.0 Å². The molecule has 0 aliphatic carbocycles. The van der Waals surface area contributed by atoms with E-state index in [-0.39, 0.29) is 21.2 Å². The van der Waals surface area contributed by atoms with Gasteiger partial charge in [0.05, 0.1) is 5.57 Å². The monoisotopic (exact) mass is 390 g/mol. The zero-order valence-electron chi connectivity index (χ0n) is 12.3. The molecule has 0 N–H and O–H groups in total. The van der Waals surface area contributed by atoms with Gasteiger partial charge in [-0.15, -0.1) is 12.6 Å². The minimum absolute atomic E-state index is 0.0513. The Morgan fingerprint density at radius 3 is 2.12 bits per heavy atom. The van der Waals surface area contributed by atoms with Crippen molar-refractivity contribution in [2.24, 2.45) is 0 Å². The van der Waals surface area contributed by atoms with Gasteiger partial charge >= 0.3 is 6.18 Å². The summed E-state index contributed by atoms with van der Waals surface area (Å²) in [6, 6.07) is 8.01. The van der Waals surface area contributed by atoms with Gasteiger partial charge in [-0.2, -0.15) is 13.2 Å². The topological polar surface area (TPSA) is 17.1 Å². The second-order valence-corrected chi connectivity index (χ2v) is 6.43. The minimum Gasteiger partial charge on any atom is -0.289 e. The fourth-order valence-corrected chi connectivity index (χ4v) is 2.73. The molecule has 0 amide bonds. The van der Waals surface area contributed by atoms with Crippen LogP contribution in [0.3, 0.4) is 0 Å². The SMILES string of the molecule is Cc1cc(C(=O)C=C(c2cc(Cl)cc(Cl)c2)C(F)(F)F)ccc1S. The van der Waals surface area contributed by atoms with Gasteiger partial charge in [-0.1, -0.05) is 23.2 Å². The number of carbonyl (C=O) groups excluding carboxylic acids is 1. The van der Waals surface area contributed by atoms with E-state index in [2.05, 4.69) is 12.6 Å². The Hall–Kier alpha value is -1.43. The van der Waals surface area contributed by atoms with Crippen molar-refractivity contribution >= 4 is 47.2 Å². The molecule has 7 heteroatoms. The molecule has 0 radical (unpaired) electrons. The van der Waals surface area contributed by atoms with Gasteiger partial charge in [0.1, 0.15) is 0 Å². The van der Waals surface area contributed by atoms with Crippen LogP contribution in [-0.2, 0) is 0 Å². The summed E-state index contributed by atoms with van der Waals surface area (Å²) in [5.74, 6) is -0.769. The molecule has 0 saturated heterocycles. The number of thiol groups is 1. The van der Waals surface area contributed by atoms with E-state index in [1.807, 2.05) is 0 Å². The number of hydrogen-bond acceptors (Lipinski definition) is 2. The Bertz CT molecular complexity index is 809. The van der Waals surface area contributed by atoms with E-state index in [9.17, 15) is 18.0 Å². The van der Waals surface area contributed by atoms with E-state index in [4.69, 9.17) is 23.2 Å². The first-order valence-electron chi connectivity index (χ1n) is 6.67. The number of benzene rings is 2. The summed E-state index contributed by atoms with van der Waals surface area (Å²) in [6.07, 6.45) is -4.18. The molecule has 0 atom stereocenters. The van der Waals surface area contributed by atoms with E-state index in [0.29, 0.717) is 16.5 Å². The second kappa shape index (κ2) is 7.21. The fourth-order valence-electron chi connectivity index (χ4n) is 2.06. The van der Waals surface area contributed by atoms with Crippen LogP contribution in [0.4, 0.5) is 13.2 Å². The van der Waals surface area contributed by atoms with Crippen LogP contribution in [0.1, 0.15) is 21.5 Å². The molecule has 2 aromatic carbocycles. The summed E-state index contributed by atoms with van der Waals surface area (Å²) < 4.78 is 40.1. The molecular formula is C17H11Cl2F3OS. The van der Waals surface area contributed by atoms with E-state index in [0.717, 1.165) is 12.1 Å². The van der Waals surface area contributed by atoms with Crippen LogP contribution in [0, 0.1) is 6.92 Å². The normalized spacial score (nSPS) is 12.4. The van der Waals surface area contributed by atoms with Crippen LogP contribution in [0.2, 0.25) is 10.0 Å². The van der Waals surface area contributed by atoms with Crippen LogP contribution in [0.15, 0.2) is 47.4 Å². The first kappa shape index (κ1) is 18.9. The molecular weight excluding hydrogens is 380 g/mol.